The second-order valence-corrected chi connectivity index (χ2v) is 6.16. The number of phenols is 1. The van der Waals surface area contributed by atoms with Gasteiger partial charge in [-0.3, -0.25) is 9.59 Å². The van der Waals surface area contributed by atoms with E-state index in [1.54, 1.807) is 12.1 Å². The van der Waals surface area contributed by atoms with Crippen LogP contribution in [0.4, 0.5) is 0 Å². The molecule has 1 N–H and O–H groups in total. The van der Waals surface area contributed by atoms with E-state index in [0.29, 0.717) is 11.3 Å². The molecule has 0 spiro atoms. The van der Waals surface area contributed by atoms with Gasteiger partial charge >= 0.3 is 0 Å². The number of carbonyl (C=O) groups excluding carboxylic acids is 2. The molecule has 3 aliphatic rings. The highest BCUT2D eigenvalue weighted by atomic mass is 16.5. The number of hydrogen-bond donors (Lipinski definition) is 1. The summed E-state index contributed by atoms with van der Waals surface area (Å²) in [6, 6.07) is 4.71. The van der Waals surface area contributed by atoms with Crippen LogP contribution in [0.5, 0.6) is 11.5 Å². The number of nitrogens with zero attached hydrogens (tertiary/aromatic N) is 2. The third kappa shape index (κ3) is 1.98. The second kappa shape index (κ2) is 4.94. The van der Waals surface area contributed by atoms with Gasteiger partial charge in [0.2, 0.25) is 0 Å². The van der Waals surface area contributed by atoms with E-state index in [1.165, 1.54) is 19.4 Å². The minimum absolute atomic E-state index is 0.0233. The number of benzene rings is 1. The number of rotatable bonds is 3. The highest BCUT2D eigenvalue weighted by molar-refractivity contribution is 6.06. The van der Waals surface area contributed by atoms with Crippen molar-refractivity contribution in [2.24, 2.45) is 28.8 Å². The molecule has 0 radical (unpaired) electrons. The lowest BCUT2D eigenvalue weighted by molar-refractivity contribution is -0.140. The van der Waals surface area contributed by atoms with Crippen LogP contribution in [0.25, 0.3) is 0 Å². The summed E-state index contributed by atoms with van der Waals surface area (Å²) in [5.74, 6) is -0.223. The smallest absolute Gasteiger partial charge is 0.254 e. The van der Waals surface area contributed by atoms with E-state index in [-0.39, 0.29) is 41.2 Å². The Morgan fingerprint density at radius 1 is 1.22 bits per heavy atom. The monoisotopic (exact) mass is 312 g/mol. The largest absolute Gasteiger partial charge is 0.504 e. The molecule has 2 fully saturated rings. The fraction of sp³-hybridized carbons (Fsp3) is 0.353. The standard InChI is InChI=1S/C17H16N2O4/c1-23-13-6-9(2-5-12(13)20)8-18-19-16(21)14-10-3-4-11(7-10)15(14)17(19)22/h2-6,8,10-11,14-15,20H,7H2,1H3/b18-8+/t10-,11-,14-,15+/m0/s1. The van der Waals surface area contributed by atoms with Gasteiger partial charge in [-0.1, -0.05) is 12.2 Å². The summed E-state index contributed by atoms with van der Waals surface area (Å²) in [5, 5.41) is 14.7. The van der Waals surface area contributed by atoms with Gasteiger partial charge in [-0.25, -0.2) is 0 Å². The minimum atomic E-state index is -0.246. The molecule has 2 aliphatic carbocycles. The van der Waals surface area contributed by atoms with Crippen LogP contribution in [0, 0.1) is 23.7 Å². The highest BCUT2D eigenvalue weighted by Crippen LogP contribution is 2.52. The highest BCUT2D eigenvalue weighted by Gasteiger charge is 2.59. The van der Waals surface area contributed by atoms with Crippen LogP contribution >= 0.6 is 0 Å². The van der Waals surface area contributed by atoms with Crippen LogP contribution in [-0.2, 0) is 9.59 Å². The number of carbonyl (C=O) groups is 2. The Hall–Kier alpha value is -2.63. The summed E-state index contributed by atoms with van der Waals surface area (Å²) in [6.45, 7) is 0. The molecule has 1 heterocycles. The van der Waals surface area contributed by atoms with Crippen molar-refractivity contribution in [1.29, 1.82) is 0 Å². The molecule has 2 amide bonds. The van der Waals surface area contributed by atoms with Crippen molar-refractivity contribution in [3.8, 4) is 11.5 Å². The van der Waals surface area contributed by atoms with Gasteiger partial charge in [0.05, 0.1) is 25.2 Å². The predicted octanol–water partition coefficient (Wildman–Crippen LogP) is 1.54. The maximum absolute atomic E-state index is 12.5. The number of fused-ring (bicyclic) bond motifs is 5. The number of ether oxygens (including phenoxy) is 1. The van der Waals surface area contributed by atoms with E-state index in [9.17, 15) is 14.7 Å². The quantitative estimate of drug-likeness (QED) is 0.522. The zero-order valence-electron chi connectivity index (χ0n) is 12.5. The Kier molecular flexibility index (Phi) is 3.01. The number of phenolic OH excluding ortho intramolecular Hbond substituents is 1. The van der Waals surface area contributed by atoms with Crippen LogP contribution in [0.1, 0.15) is 12.0 Å². The van der Waals surface area contributed by atoms with Crippen LogP contribution < -0.4 is 4.74 Å². The number of amides is 2. The maximum Gasteiger partial charge on any atom is 0.254 e. The zero-order chi connectivity index (χ0) is 16.1. The van der Waals surface area contributed by atoms with E-state index in [0.717, 1.165) is 11.4 Å². The lowest BCUT2D eigenvalue weighted by Crippen LogP contribution is -2.28. The summed E-state index contributed by atoms with van der Waals surface area (Å²) < 4.78 is 5.03. The van der Waals surface area contributed by atoms with Crippen molar-refractivity contribution in [3.05, 3.63) is 35.9 Å². The van der Waals surface area contributed by atoms with Gasteiger partial charge < -0.3 is 9.84 Å². The van der Waals surface area contributed by atoms with Gasteiger partial charge in [-0.15, -0.1) is 0 Å². The van der Waals surface area contributed by atoms with Crippen molar-refractivity contribution in [1.82, 2.24) is 5.01 Å². The summed E-state index contributed by atoms with van der Waals surface area (Å²) in [5.41, 5.74) is 0.637. The maximum atomic E-state index is 12.5. The van der Waals surface area contributed by atoms with Crippen molar-refractivity contribution < 1.29 is 19.4 Å². The molecular weight excluding hydrogens is 296 g/mol. The SMILES string of the molecule is COc1cc(/C=N/N2C(=O)[C@@H]3[C@H](C2=O)[C@H]2C=C[C@H]3C2)ccc1O. The third-order valence-corrected chi connectivity index (χ3v) is 4.97. The van der Waals surface area contributed by atoms with E-state index in [4.69, 9.17) is 4.74 Å². The van der Waals surface area contributed by atoms with Gasteiger partial charge in [0.25, 0.3) is 11.8 Å². The first kappa shape index (κ1) is 14.0. The summed E-state index contributed by atoms with van der Waals surface area (Å²) in [4.78, 5) is 25.0. The Labute approximate surface area is 133 Å². The summed E-state index contributed by atoms with van der Waals surface area (Å²) >= 11 is 0. The molecule has 6 nitrogen and oxygen atoms in total. The minimum Gasteiger partial charge on any atom is -0.504 e. The van der Waals surface area contributed by atoms with Gasteiger partial charge in [0.1, 0.15) is 0 Å². The number of hydrogen-bond acceptors (Lipinski definition) is 5. The average Bonchev–Trinajstić information content (AvgIpc) is 3.22. The van der Waals surface area contributed by atoms with E-state index < -0.39 is 0 Å². The molecule has 4 atom stereocenters. The van der Waals surface area contributed by atoms with Crippen molar-refractivity contribution >= 4 is 18.0 Å². The molecule has 1 saturated heterocycles. The fourth-order valence-corrected chi connectivity index (χ4v) is 3.90. The number of methoxy groups -OCH3 is 1. The lowest BCUT2D eigenvalue weighted by Gasteiger charge is -2.13. The van der Waals surface area contributed by atoms with Gasteiger partial charge in [0, 0.05) is 0 Å². The molecule has 0 aromatic heterocycles. The second-order valence-electron chi connectivity index (χ2n) is 6.16. The average molecular weight is 312 g/mol. The van der Waals surface area contributed by atoms with E-state index in [2.05, 4.69) is 17.3 Å². The predicted molar refractivity (Wildman–Crippen MR) is 81.8 cm³/mol. The molecule has 2 bridgehead atoms. The van der Waals surface area contributed by atoms with Crippen molar-refractivity contribution in [3.63, 3.8) is 0 Å². The Morgan fingerprint density at radius 2 is 1.87 bits per heavy atom. The molecule has 6 heteroatoms. The van der Waals surface area contributed by atoms with Crippen molar-refractivity contribution in [2.45, 2.75) is 6.42 Å². The topological polar surface area (TPSA) is 79.2 Å². The van der Waals surface area contributed by atoms with E-state index in [1.807, 2.05) is 0 Å². The molecule has 23 heavy (non-hydrogen) atoms. The molecule has 1 aromatic rings. The van der Waals surface area contributed by atoms with Crippen LogP contribution in [0.15, 0.2) is 35.5 Å². The first-order valence-electron chi connectivity index (χ1n) is 7.57. The van der Waals surface area contributed by atoms with E-state index >= 15 is 0 Å². The number of allylic oxidation sites excluding steroid dienone is 2. The molecule has 1 aliphatic heterocycles. The van der Waals surface area contributed by atoms with Crippen molar-refractivity contribution in [2.75, 3.05) is 7.11 Å². The molecule has 1 aromatic carbocycles. The molecule has 1 saturated carbocycles. The molecule has 118 valence electrons. The van der Waals surface area contributed by atoms with Gasteiger partial charge in [0.15, 0.2) is 11.5 Å². The number of hydrazone groups is 1. The summed E-state index contributed by atoms with van der Waals surface area (Å²) in [7, 11) is 1.45. The zero-order valence-corrected chi connectivity index (χ0v) is 12.5. The Bertz CT molecular complexity index is 725. The van der Waals surface area contributed by atoms with Gasteiger partial charge in [-0.05, 0) is 42.0 Å². The first-order valence-corrected chi connectivity index (χ1v) is 7.57. The Morgan fingerprint density at radius 3 is 2.48 bits per heavy atom. The van der Waals surface area contributed by atoms with Crippen LogP contribution in [0.2, 0.25) is 0 Å². The van der Waals surface area contributed by atoms with Gasteiger partial charge in [-0.2, -0.15) is 10.1 Å². The normalized spacial score (nSPS) is 31.4. The fourth-order valence-electron chi connectivity index (χ4n) is 3.90. The third-order valence-electron chi connectivity index (χ3n) is 4.97. The molecule has 4 rings (SSSR count). The molecular formula is C17H16N2O4. The molecule has 0 unspecified atom stereocenters. The number of aromatic hydroxyl groups is 1. The van der Waals surface area contributed by atoms with Crippen LogP contribution in [0.3, 0.4) is 0 Å². The first-order chi connectivity index (χ1) is 11.1. The lowest BCUT2D eigenvalue weighted by atomic mass is 9.85. The Balaban J connectivity index is 1.58. The summed E-state index contributed by atoms with van der Waals surface area (Å²) in [6.07, 6.45) is 6.44. The number of imide groups is 1. The van der Waals surface area contributed by atoms with Crippen LogP contribution in [-0.4, -0.2) is 35.3 Å².